The average Bonchev–Trinajstić information content (AvgIpc) is 2.53. The highest BCUT2D eigenvalue weighted by atomic mass is 31.2. The molecule has 0 bridgehead atoms. The molecule has 10 nitrogen and oxygen atoms in total. The highest BCUT2D eigenvalue weighted by molar-refractivity contribution is 7.66. The van der Waals surface area contributed by atoms with E-state index in [-0.39, 0.29) is 12.5 Å². The number of aromatic nitrogens is 2. The van der Waals surface area contributed by atoms with Crippen LogP contribution in [0.1, 0.15) is 18.7 Å². The highest BCUT2D eigenvalue weighted by Gasteiger charge is 2.25. The van der Waals surface area contributed by atoms with Gasteiger partial charge in [-0.15, -0.1) is 0 Å². The van der Waals surface area contributed by atoms with E-state index >= 15 is 0 Å². The summed E-state index contributed by atoms with van der Waals surface area (Å²) >= 11 is 0. The minimum Gasteiger partial charge on any atom is -0.394 e. The van der Waals surface area contributed by atoms with Gasteiger partial charge in [0.1, 0.15) is 18.4 Å². The van der Waals surface area contributed by atoms with E-state index in [0.717, 1.165) is 4.57 Å². The van der Waals surface area contributed by atoms with E-state index in [2.05, 4.69) is 4.98 Å². The van der Waals surface area contributed by atoms with Crippen molar-refractivity contribution in [3.63, 3.8) is 0 Å². The van der Waals surface area contributed by atoms with Crippen LogP contribution in [0.2, 0.25) is 0 Å². The van der Waals surface area contributed by atoms with Crippen LogP contribution in [0.3, 0.4) is 0 Å². The number of nitrogens with one attached hydrogen (secondary N) is 1. The number of nitrogens with zero attached hydrogens (tertiary/aromatic N) is 1. The second-order valence-electron chi connectivity index (χ2n) is 5.45. The molecule has 0 aromatic carbocycles. The molecule has 5 atom stereocenters. The summed E-state index contributed by atoms with van der Waals surface area (Å²) in [7, 11) is -3.22. The van der Waals surface area contributed by atoms with Crippen molar-refractivity contribution in [2.75, 3.05) is 25.8 Å². The zero-order valence-corrected chi connectivity index (χ0v) is 16.0. The van der Waals surface area contributed by atoms with Gasteiger partial charge >= 0.3 is 5.69 Å². The molecule has 0 fully saturated rings. The molecule has 0 aliphatic carbocycles. The number of aliphatic hydroxyl groups excluding tert-OH is 2. The Morgan fingerprint density at radius 2 is 2.00 bits per heavy atom. The van der Waals surface area contributed by atoms with Crippen molar-refractivity contribution in [3.05, 3.63) is 32.6 Å². The van der Waals surface area contributed by atoms with Gasteiger partial charge in [0.25, 0.3) is 5.56 Å². The first-order chi connectivity index (χ1) is 11.6. The molecule has 12 heteroatoms. The lowest BCUT2D eigenvalue weighted by Crippen LogP contribution is -2.40. The Morgan fingerprint density at radius 1 is 1.36 bits per heavy atom. The minimum absolute atomic E-state index is 0.0980. The van der Waals surface area contributed by atoms with Gasteiger partial charge in [-0.1, -0.05) is 0 Å². The van der Waals surface area contributed by atoms with Gasteiger partial charge in [0, 0.05) is 19.9 Å². The van der Waals surface area contributed by atoms with Crippen LogP contribution < -0.4 is 11.2 Å². The molecule has 0 saturated carbocycles. The monoisotopic (exact) mass is 398 g/mol. The standard InChI is InChI=1S/C13H24N2O8P2/c1-8-4-15(13(19)14-12(8)18)9(2)23-11(10(17)5-16)6-22-25(21)7-24(3)20/h4,9-11,16-17,20-21H,5-7H2,1-3H3,(H,14,18,19). The summed E-state index contributed by atoms with van der Waals surface area (Å²) in [5, 5.41) is 19.0. The van der Waals surface area contributed by atoms with Crippen LogP contribution in [0, 0.1) is 6.92 Å². The number of aliphatic hydroxyl groups is 2. The molecule has 25 heavy (non-hydrogen) atoms. The highest BCUT2D eigenvalue weighted by Crippen LogP contribution is 2.44. The molecule has 0 radical (unpaired) electrons. The fourth-order valence-corrected chi connectivity index (χ4v) is 3.96. The Hall–Kier alpha value is -0.700. The van der Waals surface area contributed by atoms with Crippen LogP contribution in [-0.2, 0) is 9.26 Å². The number of H-pyrrole nitrogens is 1. The molecular formula is C13H24N2O8P2. The lowest BCUT2D eigenvalue weighted by atomic mass is 10.2. The second kappa shape index (κ2) is 10.4. The van der Waals surface area contributed by atoms with Crippen LogP contribution >= 0.6 is 16.5 Å². The summed E-state index contributed by atoms with van der Waals surface area (Å²) in [4.78, 5) is 44.4. The van der Waals surface area contributed by atoms with E-state index in [9.17, 15) is 24.5 Å². The quantitative estimate of drug-likeness (QED) is 0.327. The molecule has 0 spiro atoms. The molecule has 5 N–H and O–H groups in total. The topological polar surface area (TPSA) is 154 Å². The van der Waals surface area contributed by atoms with E-state index in [4.69, 9.17) is 14.4 Å². The predicted molar refractivity (Wildman–Crippen MR) is 93.8 cm³/mol. The van der Waals surface area contributed by atoms with E-state index in [1.54, 1.807) is 6.66 Å². The van der Waals surface area contributed by atoms with Crippen molar-refractivity contribution in [2.45, 2.75) is 32.3 Å². The van der Waals surface area contributed by atoms with Crippen molar-refractivity contribution < 1.29 is 29.3 Å². The van der Waals surface area contributed by atoms with Crippen LogP contribution in [-0.4, -0.2) is 67.5 Å². The second-order valence-corrected chi connectivity index (χ2v) is 8.86. The summed E-state index contributed by atoms with van der Waals surface area (Å²) in [5.41, 5.74) is -0.874. The minimum atomic E-state index is -1.89. The van der Waals surface area contributed by atoms with Gasteiger partial charge in [-0.25, -0.2) is 4.79 Å². The van der Waals surface area contributed by atoms with Gasteiger partial charge in [-0.3, -0.25) is 14.3 Å². The van der Waals surface area contributed by atoms with Crippen molar-refractivity contribution >= 4 is 16.5 Å². The van der Waals surface area contributed by atoms with Crippen molar-refractivity contribution in [2.24, 2.45) is 0 Å². The Morgan fingerprint density at radius 3 is 2.56 bits per heavy atom. The Bertz CT molecular complexity index is 650. The van der Waals surface area contributed by atoms with Crippen LogP contribution in [0.4, 0.5) is 0 Å². The summed E-state index contributed by atoms with van der Waals surface area (Å²) < 4.78 is 11.9. The zero-order chi connectivity index (χ0) is 19.1. The van der Waals surface area contributed by atoms with Gasteiger partial charge in [0.15, 0.2) is 8.38 Å². The van der Waals surface area contributed by atoms with Crippen molar-refractivity contribution in [1.82, 2.24) is 9.55 Å². The lowest BCUT2D eigenvalue weighted by Gasteiger charge is -2.27. The molecule has 144 valence electrons. The number of aryl methyl sites for hydroxylation is 1. The maximum absolute atomic E-state index is 11.9. The molecule has 0 aliphatic rings. The van der Waals surface area contributed by atoms with Gasteiger partial charge < -0.3 is 29.3 Å². The summed E-state index contributed by atoms with van der Waals surface area (Å²) in [5.74, 6) is 0.0980. The number of ether oxygens (including phenoxy) is 1. The first-order valence-corrected chi connectivity index (χ1v) is 10.7. The first kappa shape index (κ1) is 22.3. The third-order valence-corrected chi connectivity index (χ3v) is 6.29. The summed E-state index contributed by atoms with van der Waals surface area (Å²) in [6.07, 6.45) is -1.88. The zero-order valence-electron chi connectivity index (χ0n) is 14.2. The van der Waals surface area contributed by atoms with Crippen molar-refractivity contribution in [1.29, 1.82) is 0 Å². The summed E-state index contributed by atoms with van der Waals surface area (Å²) in [6, 6.07) is 0. The molecule has 1 aromatic heterocycles. The molecule has 5 unspecified atom stereocenters. The Labute approximate surface area is 146 Å². The molecule has 0 saturated heterocycles. The van der Waals surface area contributed by atoms with Crippen molar-refractivity contribution in [3.8, 4) is 0 Å². The van der Waals surface area contributed by atoms with Gasteiger partial charge in [-0.2, -0.15) is 0 Å². The number of rotatable bonds is 10. The van der Waals surface area contributed by atoms with Crippen LogP contribution in [0.15, 0.2) is 15.8 Å². The molecule has 1 aromatic rings. The molecule has 0 aliphatic heterocycles. The molecule has 1 rings (SSSR count). The van der Waals surface area contributed by atoms with E-state index in [0.29, 0.717) is 5.56 Å². The van der Waals surface area contributed by atoms with E-state index in [1.807, 2.05) is 0 Å². The fourth-order valence-electron chi connectivity index (χ4n) is 1.91. The predicted octanol–water partition coefficient (Wildman–Crippen LogP) is -0.601. The van der Waals surface area contributed by atoms with Crippen LogP contribution in [0.25, 0.3) is 0 Å². The van der Waals surface area contributed by atoms with Gasteiger partial charge in [0.05, 0.1) is 19.1 Å². The van der Waals surface area contributed by atoms with Crippen LogP contribution in [0.5, 0.6) is 0 Å². The maximum atomic E-state index is 11.9. The normalized spacial score (nSPS) is 17.7. The molecule has 0 amide bonds. The number of aromatic amines is 1. The Balaban J connectivity index is 2.82. The molecule has 1 heterocycles. The first-order valence-electron chi connectivity index (χ1n) is 7.41. The third-order valence-electron chi connectivity index (χ3n) is 3.24. The maximum Gasteiger partial charge on any atom is 0.330 e. The number of hydrogen-bond acceptors (Lipinski definition) is 8. The third kappa shape index (κ3) is 7.21. The summed E-state index contributed by atoms with van der Waals surface area (Å²) in [6.45, 7) is 3.77. The largest absolute Gasteiger partial charge is 0.394 e. The smallest absolute Gasteiger partial charge is 0.330 e. The Kier molecular flexibility index (Phi) is 9.34. The SMILES string of the molecule is Cc1cn(C(C)OC(COP(O)CP(C)O)C(O)CO)c(=O)[nH]c1=O. The van der Waals surface area contributed by atoms with Gasteiger partial charge in [0.2, 0.25) is 0 Å². The van der Waals surface area contributed by atoms with E-state index in [1.165, 1.54) is 20.0 Å². The fraction of sp³-hybridized carbons (Fsp3) is 0.692. The molecular weight excluding hydrogens is 374 g/mol. The van der Waals surface area contributed by atoms with Gasteiger partial charge in [-0.05, 0) is 20.5 Å². The number of hydrogen-bond donors (Lipinski definition) is 5. The average molecular weight is 398 g/mol. The van der Waals surface area contributed by atoms with E-state index < -0.39 is 52.8 Å². The lowest BCUT2D eigenvalue weighted by molar-refractivity contribution is -0.124.